The number of aromatic nitrogens is 1. The van der Waals surface area contributed by atoms with Crippen LogP contribution in [0, 0.1) is 5.82 Å². The normalized spacial score (nSPS) is 10.6. The molecule has 0 aliphatic rings. The Morgan fingerprint density at radius 3 is 2.69 bits per heavy atom. The number of thiazole rings is 1. The summed E-state index contributed by atoms with van der Waals surface area (Å²) in [5, 5.41) is 8.65. The predicted molar refractivity (Wildman–Crippen MR) is 105 cm³/mol. The minimum atomic E-state index is -0.448. The fourth-order valence-electron chi connectivity index (χ4n) is 2.39. The quantitative estimate of drug-likeness (QED) is 0.622. The second kappa shape index (κ2) is 8.29. The molecule has 0 fully saturated rings. The topological polar surface area (TPSA) is 54.0 Å². The van der Waals surface area contributed by atoms with Gasteiger partial charge >= 0.3 is 0 Å². The van der Waals surface area contributed by atoms with E-state index in [9.17, 15) is 9.18 Å². The summed E-state index contributed by atoms with van der Waals surface area (Å²) in [5.74, 6) is -0.470. The smallest absolute Gasteiger partial charge is 0.216 e. The molecular weight excluding hydrogens is 373 g/mol. The van der Waals surface area contributed by atoms with Gasteiger partial charge in [-0.15, -0.1) is 11.3 Å². The lowest BCUT2D eigenvalue weighted by Crippen LogP contribution is -2.22. The molecule has 0 atom stereocenters. The Hall–Kier alpha value is -2.44. The molecule has 1 amide bonds. The molecular formula is C19H17ClFN3OS. The number of hydrogen-bond acceptors (Lipinski definition) is 4. The summed E-state index contributed by atoms with van der Waals surface area (Å²) in [7, 11) is 0. The third-order valence-electron chi connectivity index (χ3n) is 3.71. The van der Waals surface area contributed by atoms with Crippen LogP contribution in [-0.4, -0.2) is 17.4 Å². The van der Waals surface area contributed by atoms with E-state index >= 15 is 0 Å². The van der Waals surface area contributed by atoms with Crippen molar-refractivity contribution in [1.82, 2.24) is 10.3 Å². The first-order chi connectivity index (χ1) is 12.5. The maximum atomic E-state index is 13.2. The molecule has 26 heavy (non-hydrogen) atoms. The summed E-state index contributed by atoms with van der Waals surface area (Å²) in [6.07, 6.45) is 0.787. The van der Waals surface area contributed by atoms with Crippen molar-refractivity contribution in [2.45, 2.75) is 13.3 Å². The van der Waals surface area contributed by atoms with E-state index in [0.29, 0.717) is 17.4 Å². The minimum absolute atomic E-state index is 0.0217. The SMILES string of the molecule is CC(=O)NCCc1ccc(-c2csc(Nc3ccc(F)c(Cl)c3)n2)cc1. The summed E-state index contributed by atoms with van der Waals surface area (Å²) in [6.45, 7) is 2.14. The Kier molecular flexibility index (Phi) is 5.85. The first kappa shape index (κ1) is 18.4. The zero-order valence-corrected chi connectivity index (χ0v) is 15.6. The summed E-state index contributed by atoms with van der Waals surface area (Å²) in [5.41, 5.74) is 3.71. The number of amides is 1. The summed E-state index contributed by atoms with van der Waals surface area (Å²) in [6, 6.07) is 12.5. The average Bonchev–Trinajstić information content (AvgIpc) is 3.07. The maximum absolute atomic E-state index is 13.2. The Bertz CT molecular complexity index is 911. The van der Waals surface area contributed by atoms with Gasteiger partial charge in [-0.25, -0.2) is 9.37 Å². The molecule has 2 aromatic carbocycles. The zero-order chi connectivity index (χ0) is 18.5. The van der Waals surface area contributed by atoms with E-state index in [1.54, 1.807) is 6.07 Å². The van der Waals surface area contributed by atoms with Crippen molar-refractivity contribution in [3.05, 3.63) is 64.2 Å². The Morgan fingerprint density at radius 1 is 1.23 bits per heavy atom. The van der Waals surface area contributed by atoms with E-state index in [1.165, 1.54) is 30.4 Å². The van der Waals surface area contributed by atoms with Crippen molar-refractivity contribution in [3.63, 3.8) is 0 Å². The molecule has 4 nitrogen and oxygen atoms in total. The third-order valence-corrected chi connectivity index (χ3v) is 4.76. The second-order valence-electron chi connectivity index (χ2n) is 5.72. The van der Waals surface area contributed by atoms with E-state index in [2.05, 4.69) is 15.6 Å². The van der Waals surface area contributed by atoms with Crippen LogP contribution < -0.4 is 10.6 Å². The molecule has 0 aliphatic carbocycles. The van der Waals surface area contributed by atoms with Gasteiger partial charge in [0.1, 0.15) is 5.82 Å². The molecule has 2 N–H and O–H groups in total. The summed E-state index contributed by atoms with van der Waals surface area (Å²) in [4.78, 5) is 15.4. The highest BCUT2D eigenvalue weighted by Gasteiger charge is 2.07. The number of carbonyl (C=O) groups excluding carboxylic acids is 1. The van der Waals surface area contributed by atoms with E-state index in [-0.39, 0.29) is 10.9 Å². The fourth-order valence-corrected chi connectivity index (χ4v) is 3.31. The van der Waals surface area contributed by atoms with Crippen LogP contribution in [0.1, 0.15) is 12.5 Å². The van der Waals surface area contributed by atoms with Gasteiger partial charge in [0.2, 0.25) is 5.91 Å². The van der Waals surface area contributed by atoms with Crippen LogP contribution in [0.3, 0.4) is 0 Å². The molecule has 7 heteroatoms. The highest BCUT2D eigenvalue weighted by atomic mass is 35.5. The van der Waals surface area contributed by atoms with Gasteiger partial charge in [-0.2, -0.15) is 0 Å². The maximum Gasteiger partial charge on any atom is 0.216 e. The zero-order valence-electron chi connectivity index (χ0n) is 14.1. The van der Waals surface area contributed by atoms with E-state index in [1.807, 2.05) is 29.6 Å². The number of rotatable bonds is 6. The standard InChI is InChI=1S/C19H17ClFN3OS/c1-12(25)22-9-8-13-2-4-14(5-3-13)18-11-26-19(24-18)23-15-6-7-17(21)16(20)10-15/h2-7,10-11H,8-9H2,1H3,(H,22,25)(H,23,24). The predicted octanol–water partition coefficient (Wildman–Crippen LogP) is 5.02. The summed E-state index contributed by atoms with van der Waals surface area (Å²) < 4.78 is 13.2. The lowest BCUT2D eigenvalue weighted by molar-refractivity contribution is -0.118. The third kappa shape index (κ3) is 4.80. The molecule has 0 bridgehead atoms. The number of nitrogens with zero attached hydrogens (tertiary/aromatic N) is 1. The molecule has 0 saturated heterocycles. The van der Waals surface area contributed by atoms with E-state index in [4.69, 9.17) is 11.6 Å². The van der Waals surface area contributed by atoms with Gasteiger partial charge in [0.15, 0.2) is 5.13 Å². The number of hydrogen-bond donors (Lipinski definition) is 2. The van der Waals surface area contributed by atoms with E-state index in [0.717, 1.165) is 23.2 Å². The van der Waals surface area contributed by atoms with Crippen LogP contribution in [0.15, 0.2) is 47.8 Å². The van der Waals surface area contributed by atoms with Gasteiger partial charge in [-0.1, -0.05) is 35.9 Å². The second-order valence-corrected chi connectivity index (χ2v) is 6.99. The van der Waals surface area contributed by atoms with Gasteiger partial charge < -0.3 is 10.6 Å². The first-order valence-electron chi connectivity index (χ1n) is 8.02. The highest BCUT2D eigenvalue weighted by Crippen LogP contribution is 2.28. The van der Waals surface area contributed by atoms with Gasteiger partial charge in [-0.3, -0.25) is 4.79 Å². The molecule has 1 aromatic heterocycles. The molecule has 0 spiro atoms. The van der Waals surface area contributed by atoms with Crippen LogP contribution in [0.4, 0.5) is 15.2 Å². The molecule has 3 aromatic rings. The minimum Gasteiger partial charge on any atom is -0.356 e. The van der Waals surface area contributed by atoms with Crippen molar-refractivity contribution in [3.8, 4) is 11.3 Å². The van der Waals surface area contributed by atoms with Crippen molar-refractivity contribution in [1.29, 1.82) is 0 Å². The largest absolute Gasteiger partial charge is 0.356 e. The number of nitrogens with one attached hydrogen (secondary N) is 2. The average molecular weight is 390 g/mol. The molecule has 0 saturated carbocycles. The van der Waals surface area contributed by atoms with Crippen LogP contribution in [0.5, 0.6) is 0 Å². The van der Waals surface area contributed by atoms with Crippen LogP contribution >= 0.6 is 22.9 Å². The highest BCUT2D eigenvalue weighted by molar-refractivity contribution is 7.14. The van der Waals surface area contributed by atoms with Gasteiger partial charge in [0, 0.05) is 30.1 Å². The van der Waals surface area contributed by atoms with Gasteiger partial charge in [0.05, 0.1) is 10.7 Å². The molecule has 0 aliphatic heterocycles. The summed E-state index contributed by atoms with van der Waals surface area (Å²) >= 11 is 7.26. The molecule has 1 heterocycles. The molecule has 134 valence electrons. The van der Waals surface area contributed by atoms with Crippen molar-refractivity contribution in [2.24, 2.45) is 0 Å². The molecule has 0 radical (unpaired) electrons. The number of carbonyl (C=O) groups is 1. The van der Waals surface area contributed by atoms with Gasteiger partial charge in [0.25, 0.3) is 0 Å². The molecule has 0 unspecified atom stereocenters. The number of anilines is 2. The van der Waals surface area contributed by atoms with Crippen LogP contribution in [0.2, 0.25) is 5.02 Å². The lowest BCUT2D eigenvalue weighted by atomic mass is 10.1. The van der Waals surface area contributed by atoms with Crippen LogP contribution in [-0.2, 0) is 11.2 Å². The van der Waals surface area contributed by atoms with Crippen LogP contribution in [0.25, 0.3) is 11.3 Å². The first-order valence-corrected chi connectivity index (χ1v) is 9.28. The van der Waals surface area contributed by atoms with Crippen molar-refractivity contribution >= 4 is 39.7 Å². The Balaban J connectivity index is 1.65. The Labute approximate surface area is 160 Å². The lowest BCUT2D eigenvalue weighted by Gasteiger charge is -2.04. The Morgan fingerprint density at radius 2 is 2.00 bits per heavy atom. The van der Waals surface area contributed by atoms with Crippen molar-refractivity contribution < 1.29 is 9.18 Å². The van der Waals surface area contributed by atoms with Gasteiger partial charge in [-0.05, 0) is 30.2 Å². The monoisotopic (exact) mass is 389 g/mol. The number of halogens is 2. The van der Waals surface area contributed by atoms with E-state index < -0.39 is 5.82 Å². The molecule has 3 rings (SSSR count). The number of benzene rings is 2. The fraction of sp³-hybridized carbons (Fsp3) is 0.158. The van der Waals surface area contributed by atoms with Crippen molar-refractivity contribution in [2.75, 3.05) is 11.9 Å².